The standard InChI is InChI=1S/C27H27Cl2N3O3S/c1-4-20-13-14-21(25(34)35)32(20)24(33)22-15(2)31-23(16-5-9-18(28)10-6-16)27(3,30-26(31)36-22)17-7-11-19(29)12-8-17/h5-12,20-21,23H,4,13-14H2,1-3H3,(H,34,35)/t20-,21-,23-,27+/m1/s1. The van der Waals surface area contributed by atoms with Crippen LogP contribution in [0.15, 0.2) is 64.1 Å². The Morgan fingerprint density at radius 1 is 1.08 bits per heavy atom. The van der Waals surface area contributed by atoms with Crippen molar-refractivity contribution in [3.8, 4) is 0 Å². The Bertz CT molecular complexity index is 1280. The first-order chi connectivity index (χ1) is 17.2. The number of amidine groups is 1. The number of thioether (sulfide) groups is 1. The first-order valence-electron chi connectivity index (χ1n) is 12.0. The molecule has 1 N–H and O–H groups in total. The second-order valence-electron chi connectivity index (χ2n) is 9.60. The van der Waals surface area contributed by atoms with Crippen LogP contribution >= 0.6 is 35.0 Å². The van der Waals surface area contributed by atoms with Gasteiger partial charge in [0.25, 0.3) is 5.91 Å². The molecule has 1 fully saturated rings. The molecular formula is C27H27Cl2N3O3S. The van der Waals surface area contributed by atoms with Crippen LogP contribution in [0.5, 0.6) is 0 Å². The molecule has 0 spiro atoms. The van der Waals surface area contributed by atoms with Crippen molar-refractivity contribution in [2.45, 2.75) is 63.7 Å². The van der Waals surface area contributed by atoms with E-state index in [-0.39, 0.29) is 18.0 Å². The lowest BCUT2D eigenvalue weighted by atomic mass is 9.81. The zero-order valence-electron chi connectivity index (χ0n) is 20.2. The van der Waals surface area contributed by atoms with Gasteiger partial charge in [-0.15, -0.1) is 0 Å². The summed E-state index contributed by atoms with van der Waals surface area (Å²) in [5, 5.41) is 11.8. The third-order valence-corrected chi connectivity index (χ3v) is 9.16. The minimum Gasteiger partial charge on any atom is -0.480 e. The second-order valence-corrected chi connectivity index (χ2v) is 11.4. The number of fused-ring (bicyclic) bond motifs is 1. The Labute approximate surface area is 225 Å². The summed E-state index contributed by atoms with van der Waals surface area (Å²) in [7, 11) is 0. The van der Waals surface area contributed by atoms with E-state index in [1.807, 2.05) is 62.4 Å². The van der Waals surface area contributed by atoms with E-state index in [1.165, 1.54) is 11.8 Å². The number of hydrogen-bond donors (Lipinski definition) is 1. The minimum atomic E-state index is -0.951. The number of carbonyl (C=O) groups is 2. The summed E-state index contributed by atoms with van der Waals surface area (Å²) < 4.78 is 0. The Balaban J connectivity index is 1.58. The lowest BCUT2D eigenvalue weighted by molar-refractivity contribution is -0.147. The van der Waals surface area contributed by atoms with E-state index in [0.29, 0.717) is 27.8 Å². The maximum atomic E-state index is 13.8. The molecule has 0 saturated carbocycles. The maximum Gasteiger partial charge on any atom is 0.326 e. The molecule has 0 aromatic heterocycles. The number of likely N-dealkylation sites (tertiary alicyclic amines) is 1. The highest BCUT2D eigenvalue weighted by Gasteiger charge is 2.53. The Kier molecular flexibility index (Phi) is 6.60. The van der Waals surface area contributed by atoms with Gasteiger partial charge in [-0.1, -0.05) is 54.4 Å². The molecule has 9 heteroatoms. The lowest BCUT2D eigenvalue weighted by Crippen LogP contribution is -2.45. The number of carbonyl (C=O) groups excluding carboxylic acids is 1. The summed E-state index contributed by atoms with van der Waals surface area (Å²) in [4.78, 5) is 35.1. The van der Waals surface area contributed by atoms with Gasteiger partial charge in [-0.05, 0) is 80.3 Å². The molecule has 0 bridgehead atoms. The van der Waals surface area contributed by atoms with Gasteiger partial charge in [0.05, 0.1) is 10.9 Å². The third-order valence-electron chi connectivity index (χ3n) is 7.51. The van der Waals surface area contributed by atoms with E-state index in [0.717, 1.165) is 28.4 Å². The zero-order valence-corrected chi connectivity index (χ0v) is 22.6. The van der Waals surface area contributed by atoms with Crippen LogP contribution in [0.1, 0.15) is 57.2 Å². The van der Waals surface area contributed by atoms with Gasteiger partial charge in [-0.3, -0.25) is 4.79 Å². The molecule has 3 aliphatic heterocycles. The van der Waals surface area contributed by atoms with Crippen LogP contribution in [0.2, 0.25) is 10.0 Å². The Morgan fingerprint density at radius 3 is 2.28 bits per heavy atom. The molecule has 2 aromatic carbocycles. The van der Waals surface area contributed by atoms with E-state index in [1.54, 1.807) is 4.90 Å². The summed E-state index contributed by atoms with van der Waals surface area (Å²) in [6.07, 6.45) is 1.89. The van der Waals surface area contributed by atoms with Gasteiger partial charge in [-0.25, -0.2) is 9.79 Å². The molecule has 0 unspecified atom stereocenters. The topological polar surface area (TPSA) is 73.2 Å². The van der Waals surface area contributed by atoms with Crippen molar-refractivity contribution in [1.29, 1.82) is 0 Å². The SMILES string of the molecule is CC[C@@H]1CC[C@H](C(=O)O)N1C(=O)C1=C(C)N2C(=N[C@@](C)(c3ccc(Cl)cc3)[C@H]2c2ccc(Cl)cc2)S1. The van der Waals surface area contributed by atoms with Crippen molar-refractivity contribution in [3.05, 3.63) is 80.3 Å². The first-order valence-corrected chi connectivity index (χ1v) is 13.6. The van der Waals surface area contributed by atoms with Crippen LogP contribution < -0.4 is 0 Å². The molecule has 4 atom stereocenters. The summed E-state index contributed by atoms with van der Waals surface area (Å²) in [5.41, 5.74) is 2.17. The number of aliphatic carboxylic acids is 1. The number of halogens is 2. The molecule has 0 aliphatic carbocycles. The van der Waals surface area contributed by atoms with Crippen molar-refractivity contribution < 1.29 is 14.7 Å². The highest BCUT2D eigenvalue weighted by atomic mass is 35.5. The summed E-state index contributed by atoms with van der Waals surface area (Å²) in [6, 6.07) is 14.3. The fraction of sp³-hybridized carbons (Fsp3) is 0.370. The number of aliphatic imine (C=N–C) groups is 1. The molecule has 36 heavy (non-hydrogen) atoms. The van der Waals surface area contributed by atoms with E-state index in [9.17, 15) is 14.7 Å². The van der Waals surface area contributed by atoms with Gasteiger partial charge in [0.15, 0.2) is 5.17 Å². The number of amides is 1. The van der Waals surface area contributed by atoms with Crippen LogP contribution in [0.25, 0.3) is 0 Å². The van der Waals surface area contributed by atoms with Gasteiger partial charge in [-0.2, -0.15) is 0 Å². The lowest BCUT2D eigenvalue weighted by Gasteiger charge is -2.35. The number of rotatable bonds is 5. The van der Waals surface area contributed by atoms with Crippen LogP contribution in [-0.2, 0) is 15.1 Å². The average molecular weight is 545 g/mol. The van der Waals surface area contributed by atoms with Crippen molar-refractivity contribution in [2.75, 3.05) is 0 Å². The molecule has 1 amide bonds. The first kappa shape index (κ1) is 25.2. The predicted molar refractivity (Wildman–Crippen MR) is 144 cm³/mol. The Hall–Kier alpha value is -2.48. The van der Waals surface area contributed by atoms with E-state index >= 15 is 0 Å². The van der Waals surface area contributed by atoms with Crippen molar-refractivity contribution >= 4 is 52.0 Å². The summed E-state index contributed by atoms with van der Waals surface area (Å²) in [6.45, 7) is 6.00. The summed E-state index contributed by atoms with van der Waals surface area (Å²) in [5.74, 6) is -1.18. The van der Waals surface area contributed by atoms with Gasteiger partial charge < -0.3 is 14.9 Å². The normalized spacial score (nSPS) is 27.5. The molecule has 2 aromatic rings. The molecule has 1 saturated heterocycles. The fourth-order valence-electron chi connectivity index (χ4n) is 5.64. The van der Waals surface area contributed by atoms with E-state index < -0.39 is 17.6 Å². The van der Waals surface area contributed by atoms with Crippen molar-refractivity contribution in [3.63, 3.8) is 0 Å². The van der Waals surface area contributed by atoms with E-state index in [2.05, 4.69) is 11.8 Å². The molecule has 188 valence electrons. The summed E-state index contributed by atoms with van der Waals surface area (Å²) >= 11 is 13.7. The molecular weight excluding hydrogens is 517 g/mol. The van der Waals surface area contributed by atoms with Gasteiger partial charge in [0.1, 0.15) is 11.6 Å². The van der Waals surface area contributed by atoms with Crippen LogP contribution in [0.4, 0.5) is 0 Å². The number of nitrogens with zero attached hydrogens (tertiary/aromatic N) is 3. The van der Waals surface area contributed by atoms with Crippen LogP contribution in [-0.4, -0.2) is 44.0 Å². The van der Waals surface area contributed by atoms with Gasteiger partial charge in [0, 0.05) is 21.8 Å². The number of allylic oxidation sites excluding steroid dienone is 1. The third kappa shape index (κ3) is 4.01. The monoisotopic (exact) mass is 543 g/mol. The van der Waals surface area contributed by atoms with Gasteiger partial charge >= 0.3 is 5.97 Å². The minimum absolute atomic E-state index is 0.0803. The van der Waals surface area contributed by atoms with Crippen molar-refractivity contribution in [1.82, 2.24) is 9.80 Å². The second kappa shape index (κ2) is 9.43. The average Bonchev–Trinajstić information content (AvgIpc) is 3.51. The maximum absolute atomic E-state index is 13.8. The molecule has 0 radical (unpaired) electrons. The highest BCUT2D eigenvalue weighted by molar-refractivity contribution is 8.18. The van der Waals surface area contributed by atoms with Crippen molar-refractivity contribution in [2.24, 2.45) is 4.99 Å². The number of carboxylic acids is 1. The zero-order chi connectivity index (χ0) is 25.8. The quantitative estimate of drug-likeness (QED) is 0.468. The predicted octanol–water partition coefficient (Wildman–Crippen LogP) is 6.45. The number of benzene rings is 2. The molecule has 3 heterocycles. The van der Waals surface area contributed by atoms with Crippen LogP contribution in [0.3, 0.4) is 0 Å². The molecule has 6 nitrogen and oxygen atoms in total. The number of hydrogen-bond acceptors (Lipinski definition) is 5. The van der Waals surface area contributed by atoms with Crippen LogP contribution in [0, 0.1) is 0 Å². The fourth-order valence-corrected chi connectivity index (χ4v) is 7.09. The largest absolute Gasteiger partial charge is 0.480 e. The highest BCUT2D eigenvalue weighted by Crippen LogP contribution is 2.55. The molecule has 5 rings (SSSR count). The smallest absolute Gasteiger partial charge is 0.326 e. The van der Waals surface area contributed by atoms with E-state index in [4.69, 9.17) is 28.2 Å². The molecule has 3 aliphatic rings. The Morgan fingerprint density at radius 2 is 1.69 bits per heavy atom. The number of carboxylic acid groups (broad SMARTS) is 1. The van der Waals surface area contributed by atoms with Gasteiger partial charge in [0.2, 0.25) is 0 Å².